The molecule has 2 N–H and O–H groups in total. The summed E-state index contributed by atoms with van der Waals surface area (Å²) in [5.74, 6) is 0.735. The number of thioether (sulfide) groups is 1. The van der Waals surface area contributed by atoms with Crippen molar-refractivity contribution in [1.82, 2.24) is 20.0 Å². The number of amides is 1. The first-order valence-corrected chi connectivity index (χ1v) is 11.7. The lowest BCUT2D eigenvalue weighted by Crippen LogP contribution is -2.18. The molecule has 0 saturated carbocycles. The number of carbonyl (C=O) groups is 1. The molecule has 1 amide bonds. The lowest BCUT2D eigenvalue weighted by atomic mass is 10.1. The minimum atomic E-state index is -0.130. The van der Waals surface area contributed by atoms with Crippen LogP contribution in [0, 0.1) is 0 Å². The van der Waals surface area contributed by atoms with Crippen LogP contribution in [0.3, 0.4) is 0 Å². The Morgan fingerprint density at radius 3 is 2.97 bits per heavy atom. The molecule has 0 aliphatic carbocycles. The van der Waals surface area contributed by atoms with Crippen LogP contribution >= 0.6 is 34.7 Å². The highest BCUT2D eigenvalue weighted by molar-refractivity contribution is 8.01. The molecule has 1 aromatic carbocycles. The molecule has 0 spiro atoms. The van der Waals surface area contributed by atoms with Gasteiger partial charge < -0.3 is 15.4 Å². The summed E-state index contributed by atoms with van der Waals surface area (Å²) in [6.07, 6.45) is 2.42. The van der Waals surface area contributed by atoms with E-state index in [2.05, 4.69) is 25.9 Å². The first-order valence-electron chi connectivity index (χ1n) is 9.48. The lowest BCUT2D eigenvalue weighted by molar-refractivity contribution is -0.113. The molecule has 11 heteroatoms. The number of halogens is 1. The number of rotatable bonds is 8. The van der Waals surface area contributed by atoms with Crippen LogP contribution in [0.25, 0.3) is 11.3 Å². The number of nitrogens with one attached hydrogen (secondary N) is 2. The molecule has 8 nitrogen and oxygen atoms in total. The molecule has 30 heavy (non-hydrogen) atoms. The Morgan fingerprint density at radius 1 is 1.37 bits per heavy atom. The Hall–Kier alpha value is -2.14. The van der Waals surface area contributed by atoms with Crippen molar-refractivity contribution in [2.45, 2.75) is 23.3 Å². The summed E-state index contributed by atoms with van der Waals surface area (Å²) in [7, 11) is 1.79. The Bertz CT molecular complexity index is 1000. The second-order valence-electron chi connectivity index (χ2n) is 6.77. The normalized spacial score (nSPS) is 16.0. The van der Waals surface area contributed by atoms with E-state index in [1.807, 2.05) is 30.3 Å². The van der Waals surface area contributed by atoms with E-state index in [-0.39, 0.29) is 17.8 Å². The summed E-state index contributed by atoms with van der Waals surface area (Å²) in [5, 5.41) is 20.3. The fraction of sp³-hybridized carbons (Fsp3) is 0.368. The third-order valence-corrected chi connectivity index (χ3v) is 6.79. The first kappa shape index (κ1) is 21.1. The molecule has 1 aliphatic rings. The monoisotopic (exact) mass is 464 g/mol. The van der Waals surface area contributed by atoms with E-state index in [9.17, 15) is 4.79 Å². The topological polar surface area (TPSA) is 94.0 Å². The third-order valence-electron chi connectivity index (χ3n) is 4.53. The zero-order chi connectivity index (χ0) is 20.9. The molecule has 1 saturated heterocycles. The number of hydrogen-bond acceptors (Lipinski definition) is 8. The first-order chi connectivity index (χ1) is 14.6. The Labute approximate surface area is 187 Å². The molecule has 3 aromatic rings. The lowest BCUT2D eigenvalue weighted by Gasteiger charge is -2.08. The molecule has 2 aromatic heterocycles. The van der Waals surface area contributed by atoms with E-state index in [0.29, 0.717) is 10.8 Å². The van der Waals surface area contributed by atoms with Crippen LogP contribution in [0.5, 0.6) is 0 Å². The predicted octanol–water partition coefficient (Wildman–Crippen LogP) is 3.91. The molecular weight excluding hydrogens is 444 g/mol. The van der Waals surface area contributed by atoms with Crippen molar-refractivity contribution in [3.05, 3.63) is 35.4 Å². The van der Waals surface area contributed by atoms with Gasteiger partial charge in [0.1, 0.15) is 5.82 Å². The van der Waals surface area contributed by atoms with E-state index < -0.39 is 0 Å². The van der Waals surface area contributed by atoms with Crippen molar-refractivity contribution in [3.8, 4) is 11.3 Å². The molecule has 0 unspecified atom stereocenters. The maximum Gasteiger partial charge on any atom is 0.235 e. The number of anilines is 2. The number of aromatic nitrogens is 4. The van der Waals surface area contributed by atoms with E-state index in [4.69, 9.17) is 16.3 Å². The van der Waals surface area contributed by atoms with Gasteiger partial charge in [-0.3, -0.25) is 9.48 Å². The number of carbonyl (C=O) groups excluding carboxylic acids is 1. The predicted molar refractivity (Wildman–Crippen MR) is 120 cm³/mol. The van der Waals surface area contributed by atoms with Crippen molar-refractivity contribution < 1.29 is 9.53 Å². The molecule has 1 atom stereocenters. The van der Waals surface area contributed by atoms with Gasteiger partial charge in [0.15, 0.2) is 4.34 Å². The third kappa shape index (κ3) is 5.51. The van der Waals surface area contributed by atoms with E-state index in [1.54, 1.807) is 11.7 Å². The fourth-order valence-corrected chi connectivity index (χ4v) is 4.68. The van der Waals surface area contributed by atoms with Gasteiger partial charge in [0, 0.05) is 36.9 Å². The summed E-state index contributed by atoms with van der Waals surface area (Å²) in [6.45, 7) is 1.56. The van der Waals surface area contributed by atoms with Gasteiger partial charge in [0.25, 0.3) is 0 Å². The molecule has 1 fully saturated rings. The van der Waals surface area contributed by atoms with Gasteiger partial charge in [-0.25, -0.2) is 0 Å². The average Bonchev–Trinajstić information content (AvgIpc) is 3.48. The zero-order valence-corrected chi connectivity index (χ0v) is 18.7. The summed E-state index contributed by atoms with van der Waals surface area (Å²) in [4.78, 5) is 12.4. The molecule has 0 bridgehead atoms. The number of benzene rings is 1. The molecule has 1 aliphatic heterocycles. The highest BCUT2D eigenvalue weighted by atomic mass is 35.5. The molecule has 158 valence electrons. The summed E-state index contributed by atoms with van der Waals surface area (Å²) < 4.78 is 7.97. The number of hydrogen-bond donors (Lipinski definition) is 2. The van der Waals surface area contributed by atoms with Crippen LogP contribution in [0.1, 0.15) is 12.8 Å². The van der Waals surface area contributed by atoms with Crippen LogP contribution in [0.15, 0.2) is 34.7 Å². The standard InChI is InChI=1S/C19H21ClN6O2S2/c1-26-16(9-15(25-26)12-4-6-13(20)7-5-12)22-17(27)11-29-19-24-23-18(30-19)21-10-14-3-2-8-28-14/h4-7,9,14H,2-3,8,10-11H2,1H3,(H,21,23)(H,22,27)/t14-/m0/s1. The molecular formula is C19H21ClN6O2S2. The van der Waals surface area contributed by atoms with Crippen molar-refractivity contribution in [2.75, 3.05) is 29.5 Å². The van der Waals surface area contributed by atoms with Gasteiger partial charge in [-0.15, -0.1) is 10.2 Å². The van der Waals surface area contributed by atoms with Crippen molar-refractivity contribution >= 4 is 51.6 Å². The second kappa shape index (κ2) is 9.78. The largest absolute Gasteiger partial charge is 0.376 e. The van der Waals surface area contributed by atoms with E-state index in [0.717, 1.165) is 46.7 Å². The Kier molecular flexibility index (Phi) is 6.88. The number of ether oxygens (including phenoxy) is 1. The van der Waals surface area contributed by atoms with Crippen LogP contribution < -0.4 is 10.6 Å². The van der Waals surface area contributed by atoms with Crippen LogP contribution in [-0.4, -0.2) is 50.9 Å². The van der Waals surface area contributed by atoms with Crippen molar-refractivity contribution in [1.29, 1.82) is 0 Å². The second-order valence-corrected chi connectivity index (χ2v) is 9.41. The number of aryl methyl sites for hydroxylation is 1. The van der Waals surface area contributed by atoms with Gasteiger partial charge in [-0.1, -0.05) is 46.8 Å². The van der Waals surface area contributed by atoms with Gasteiger partial charge in [-0.05, 0) is 25.0 Å². The van der Waals surface area contributed by atoms with Crippen LogP contribution in [0.2, 0.25) is 5.02 Å². The smallest absolute Gasteiger partial charge is 0.235 e. The maximum atomic E-state index is 12.4. The van der Waals surface area contributed by atoms with Gasteiger partial charge >= 0.3 is 0 Å². The quantitative estimate of drug-likeness (QED) is 0.488. The Balaban J connectivity index is 1.27. The fourth-order valence-electron chi connectivity index (χ4n) is 3.00. The highest BCUT2D eigenvalue weighted by Gasteiger charge is 2.16. The zero-order valence-electron chi connectivity index (χ0n) is 16.3. The van der Waals surface area contributed by atoms with Gasteiger partial charge in [0.2, 0.25) is 11.0 Å². The minimum absolute atomic E-state index is 0.130. The summed E-state index contributed by atoms with van der Waals surface area (Å²) >= 11 is 8.73. The summed E-state index contributed by atoms with van der Waals surface area (Å²) in [6, 6.07) is 9.25. The Morgan fingerprint density at radius 2 is 2.20 bits per heavy atom. The van der Waals surface area contributed by atoms with Crippen LogP contribution in [-0.2, 0) is 16.6 Å². The van der Waals surface area contributed by atoms with Gasteiger partial charge in [0.05, 0.1) is 17.6 Å². The molecule has 4 rings (SSSR count). The van der Waals surface area contributed by atoms with Crippen molar-refractivity contribution in [2.24, 2.45) is 7.05 Å². The van der Waals surface area contributed by atoms with E-state index >= 15 is 0 Å². The SMILES string of the molecule is Cn1nc(-c2ccc(Cl)cc2)cc1NC(=O)CSc1nnc(NC[C@@H]2CCCO2)s1. The summed E-state index contributed by atoms with van der Waals surface area (Å²) in [5.41, 5.74) is 1.70. The number of nitrogens with zero attached hydrogens (tertiary/aromatic N) is 4. The highest BCUT2D eigenvalue weighted by Crippen LogP contribution is 2.27. The average molecular weight is 465 g/mol. The van der Waals surface area contributed by atoms with E-state index in [1.165, 1.54) is 23.1 Å². The van der Waals surface area contributed by atoms with Crippen molar-refractivity contribution in [3.63, 3.8) is 0 Å². The molecule has 0 radical (unpaired) electrons. The maximum absolute atomic E-state index is 12.4. The minimum Gasteiger partial charge on any atom is -0.376 e. The van der Waals surface area contributed by atoms with Crippen LogP contribution in [0.4, 0.5) is 10.9 Å². The van der Waals surface area contributed by atoms with Gasteiger partial charge in [-0.2, -0.15) is 5.10 Å². The molecule has 3 heterocycles.